The van der Waals surface area contributed by atoms with Crippen LogP contribution in [-0.2, 0) is 24.2 Å². The van der Waals surface area contributed by atoms with Gasteiger partial charge in [0.15, 0.2) is 5.58 Å². The molecule has 160 valence electrons. The zero-order chi connectivity index (χ0) is 20.5. The molecule has 2 unspecified atom stereocenters. The quantitative estimate of drug-likeness (QED) is 0.578. The topological polar surface area (TPSA) is 102 Å². The van der Waals surface area contributed by atoms with E-state index in [9.17, 15) is 8.76 Å². The van der Waals surface area contributed by atoms with Gasteiger partial charge in [-0.1, -0.05) is 24.4 Å². The van der Waals surface area contributed by atoms with Crippen LogP contribution in [0.4, 0.5) is 0 Å². The first-order valence-corrected chi connectivity index (χ1v) is 11.7. The van der Waals surface area contributed by atoms with E-state index >= 15 is 0 Å². The minimum atomic E-state index is -2.14. The van der Waals surface area contributed by atoms with Gasteiger partial charge in [-0.25, -0.2) is 8.93 Å². The number of ether oxygens (including phenoxy) is 1. The first-order valence-electron chi connectivity index (χ1n) is 10.6. The molecule has 0 saturated heterocycles. The molecule has 0 amide bonds. The highest BCUT2D eigenvalue weighted by Gasteiger charge is 2.33. The second kappa shape index (κ2) is 8.49. The summed E-state index contributed by atoms with van der Waals surface area (Å²) < 4.78 is 37.9. The van der Waals surface area contributed by atoms with E-state index in [4.69, 9.17) is 9.26 Å². The van der Waals surface area contributed by atoms with Gasteiger partial charge >= 0.3 is 0 Å². The lowest BCUT2D eigenvalue weighted by Crippen LogP contribution is -2.31. The number of nitrogens with zero attached hydrogens (tertiary/aromatic N) is 3. The van der Waals surface area contributed by atoms with Crippen LogP contribution in [0.5, 0.6) is 5.75 Å². The lowest BCUT2D eigenvalue weighted by molar-refractivity contribution is 0.280. The Morgan fingerprint density at radius 3 is 2.93 bits per heavy atom. The highest BCUT2D eigenvalue weighted by molar-refractivity contribution is 7.77. The molecule has 0 bridgehead atoms. The second-order valence-corrected chi connectivity index (χ2v) is 8.92. The van der Waals surface area contributed by atoms with Crippen molar-refractivity contribution in [2.24, 2.45) is 5.92 Å². The molecule has 2 aliphatic rings. The fourth-order valence-electron chi connectivity index (χ4n) is 4.91. The molecule has 2 N–H and O–H groups in total. The highest BCUT2D eigenvalue weighted by atomic mass is 32.2. The Kier molecular flexibility index (Phi) is 5.58. The van der Waals surface area contributed by atoms with Crippen molar-refractivity contribution in [2.45, 2.75) is 57.5 Å². The molecule has 1 aliphatic heterocycles. The Balaban J connectivity index is 1.61. The number of hydrogen-bond acceptors (Lipinski definition) is 5. The first kappa shape index (κ1) is 19.7. The molecule has 1 fully saturated rings. The largest absolute Gasteiger partial charge is 0.492 e. The summed E-state index contributed by atoms with van der Waals surface area (Å²) in [5.74, 6) is 1.05. The van der Waals surface area contributed by atoms with Crippen molar-refractivity contribution in [3.05, 3.63) is 41.3 Å². The Hall–Kier alpha value is -2.23. The van der Waals surface area contributed by atoms with Crippen molar-refractivity contribution in [2.75, 3.05) is 6.61 Å². The Bertz CT molecular complexity index is 1040. The van der Waals surface area contributed by atoms with Crippen LogP contribution in [0.2, 0.25) is 0 Å². The van der Waals surface area contributed by atoms with E-state index in [0.717, 1.165) is 60.8 Å². The zero-order valence-electron chi connectivity index (χ0n) is 16.7. The molecule has 1 aliphatic carbocycles. The number of nitrogens with one attached hydrogen (secondary N) is 1. The summed E-state index contributed by atoms with van der Waals surface area (Å²) in [7, 11) is 0. The monoisotopic (exact) mass is 430 g/mol. The van der Waals surface area contributed by atoms with E-state index in [1.807, 2.05) is 23.0 Å². The summed E-state index contributed by atoms with van der Waals surface area (Å²) in [6, 6.07) is 3.59. The summed E-state index contributed by atoms with van der Waals surface area (Å²) in [5, 5.41) is 9.55. The number of rotatable bonds is 6. The van der Waals surface area contributed by atoms with Crippen molar-refractivity contribution >= 4 is 22.2 Å². The molecule has 3 aromatic rings. The van der Waals surface area contributed by atoms with Gasteiger partial charge in [0, 0.05) is 18.0 Å². The predicted molar refractivity (Wildman–Crippen MR) is 112 cm³/mol. The van der Waals surface area contributed by atoms with Crippen molar-refractivity contribution < 1.29 is 18.0 Å². The molecule has 1 aromatic carbocycles. The van der Waals surface area contributed by atoms with E-state index in [2.05, 4.69) is 15.0 Å². The second-order valence-electron chi connectivity index (χ2n) is 8.18. The van der Waals surface area contributed by atoms with Crippen LogP contribution < -0.4 is 9.46 Å². The molecule has 9 heteroatoms. The normalized spacial score (nSPS) is 19.4. The Morgan fingerprint density at radius 1 is 1.30 bits per heavy atom. The highest BCUT2D eigenvalue weighted by Crippen LogP contribution is 2.43. The maximum Gasteiger partial charge on any atom is 0.232 e. The van der Waals surface area contributed by atoms with Gasteiger partial charge in [-0.2, -0.15) is 5.10 Å². The molecule has 3 heterocycles. The van der Waals surface area contributed by atoms with Gasteiger partial charge in [0.05, 0.1) is 24.6 Å². The summed E-state index contributed by atoms with van der Waals surface area (Å²) in [5.41, 5.74) is 3.60. The third-order valence-corrected chi connectivity index (χ3v) is 6.75. The number of aromatic nitrogens is 3. The summed E-state index contributed by atoms with van der Waals surface area (Å²) in [4.78, 5) is 0. The number of hydrogen-bond donors (Lipinski definition) is 2. The lowest BCUT2D eigenvalue weighted by Gasteiger charge is -2.29. The van der Waals surface area contributed by atoms with Gasteiger partial charge in [0.1, 0.15) is 11.4 Å². The molecule has 1 saturated carbocycles. The zero-order valence-corrected chi connectivity index (χ0v) is 17.6. The average Bonchev–Trinajstić information content (AvgIpc) is 3.43. The molecule has 0 radical (unpaired) electrons. The molecule has 0 spiro atoms. The van der Waals surface area contributed by atoms with Crippen molar-refractivity contribution in [3.63, 3.8) is 0 Å². The number of fused-ring (bicyclic) bond motifs is 3. The predicted octanol–water partition coefficient (Wildman–Crippen LogP) is 3.75. The minimum absolute atomic E-state index is 0.242. The third kappa shape index (κ3) is 3.77. The third-order valence-electron chi connectivity index (χ3n) is 6.29. The molecule has 2 atom stereocenters. The van der Waals surface area contributed by atoms with E-state index in [1.54, 1.807) is 6.20 Å². The van der Waals surface area contributed by atoms with Gasteiger partial charge in [-0.15, -0.1) is 0 Å². The van der Waals surface area contributed by atoms with Crippen molar-refractivity contribution in [3.8, 4) is 5.75 Å². The molecule has 30 heavy (non-hydrogen) atoms. The van der Waals surface area contributed by atoms with Crippen LogP contribution in [0.25, 0.3) is 11.0 Å². The van der Waals surface area contributed by atoms with E-state index in [-0.39, 0.29) is 12.0 Å². The van der Waals surface area contributed by atoms with Crippen molar-refractivity contribution in [1.29, 1.82) is 0 Å². The van der Waals surface area contributed by atoms with Crippen LogP contribution in [0, 0.1) is 5.92 Å². The first-order chi connectivity index (χ1) is 14.7. The summed E-state index contributed by atoms with van der Waals surface area (Å²) in [6.07, 6.45) is 11.0. The molecule has 5 rings (SSSR count). The number of benzene rings is 1. The minimum Gasteiger partial charge on any atom is -0.492 e. The maximum absolute atomic E-state index is 11.7. The van der Waals surface area contributed by atoms with E-state index in [0.29, 0.717) is 24.4 Å². The van der Waals surface area contributed by atoms with Crippen LogP contribution in [0.15, 0.2) is 29.0 Å². The molecule has 8 nitrogen and oxygen atoms in total. The van der Waals surface area contributed by atoms with E-state index in [1.165, 1.54) is 6.42 Å². The SMILES string of the molecule is O=S(O)NC(c1noc2cc(Cn3cccn3)c3c(c12)OCCC3)C1CCCCC1. The molecule has 2 aromatic heterocycles. The Labute approximate surface area is 177 Å². The smallest absolute Gasteiger partial charge is 0.232 e. The molecular weight excluding hydrogens is 404 g/mol. The lowest BCUT2D eigenvalue weighted by atomic mass is 9.82. The summed E-state index contributed by atoms with van der Waals surface area (Å²) >= 11 is -2.14. The van der Waals surface area contributed by atoms with Crippen molar-refractivity contribution in [1.82, 2.24) is 19.7 Å². The van der Waals surface area contributed by atoms with E-state index < -0.39 is 11.3 Å². The van der Waals surface area contributed by atoms with Crippen LogP contribution in [0.3, 0.4) is 0 Å². The fraction of sp³-hybridized carbons (Fsp3) is 0.524. The van der Waals surface area contributed by atoms with Gasteiger partial charge in [-0.05, 0) is 49.3 Å². The van der Waals surface area contributed by atoms with Gasteiger partial charge in [-0.3, -0.25) is 9.23 Å². The van der Waals surface area contributed by atoms with Crippen LogP contribution in [0.1, 0.15) is 61.4 Å². The average molecular weight is 431 g/mol. The molecular formula is C21H26N4O4S. The fourth-order valence-corrected chi connectivity index (χ4v) is 5.44. The van der Waals surface area contributed by atoms with Crippen LogP contribution in [-0.4, -0.2) is 30.3 Å². The van der Waals surface area contributed by atoms with Gasteiger partial charge < -0.3 is 9.26 Å². The van der Waals surface area contributed by atoms with Crippen LogP contribution >= 0.6 is 0 Å². The Morgan fingerprint density at radius 2 is 2.17 bits per heavy atom. The standard InChI is InChI=1S/C21H26N4O4S/c26-30(27)24-19(14-6-2-1-3-7-14)20-18-17(29-23-20)12-15(13-25-10-5-9-22-25)16-8-4-11-28-21(16)18/h5,9-10,12,14,19,24H,1-4,6-8,11,13H2,(H,26,27). The van der Waals surface area contributed by atoms with Gasteiger partial charge in [0.25, 0.3) is 0 Å². The maximum atomic E-state index is 11.7. The summed E-state index contributed by atoms with van der Waals surface area (Å²) in [6.45, 7) is 1.28. The van der Waals surface area contributed by atoms with Gasteiger partial charge in [0.2, 0.25) is 11.3 Å².